The second-order valence-electron chi connectivity index (χ2n) is 5.73. The lowest BCUT2D eigenvalue weighted by molar-refractivity contribution is 0.0741. The van der Waals surface area contributed by atoms with Crippen LogP contribution in [0.5, 0.6) is 11.5 Å². The third-order valence-corrected chi connectivity index (χ3v) is 4.17. The van der Waals surface area contributed by atoms with Crippen molar-refractivity contribution in [2.24, 2.45) is 0 Å². The zero-order valence-corrected chi connectivity index (χ0v) is 13.1. The standard InChI is InChI=1S/C16H16N4O4/c1-19-4-5-20-8-18-13(14(20)16(19)22)15(21)17-7-10-2-3-11-12(6-10)24-9-23-11/h2-3,6,8H,4-5,7,9H2,1H3,(H,17,21). The summed E-state index contributed by atoms with van der Waals surface area (Å²) in [5.41, 5.74) is 1.38. The number of aromatic nitrogens is 2. The van der Waals surface area contributed by atoms with E-state index in [2.05, 4.69) is 10.3 Å². The van der Waals surface area contributed by atoms with Gasteiger partial charge in [-0.2, -0.15) is 0 Å². The van der Waals surface area contributed by atoms with Gasteiger partial charge >= 0.3 is 0 Å². The SMILES string of the molecule is CN1CCn2cnc(C(=O)NCc3ccc4c(c3)OCO4)c2C1=O. The van der Waals surface area contributed by atoms with Gasteiger partial charge in [0.1, 0.15) is 5.69 Å². The van der Waals surface area contributed by atoms with Gasteiger partial charge in [0.15, 0.2) is 17.2 Å². The molecule has 0 atom stereocenters. The van der Waals surface area contributed by atoms with Crippen LogP contribution in [0.1, 0.15) is 26.5 Å². The Kier molecular flexibility index (Phi) is 3.37. The number of nitrogens with zero attached hydrogens (tertiary/aromatic N) is 3. The highest BCUT2D eigenvalue weighted by molar-refractivity contribution is 6.05. The molecule has 0 saturated heterocycles. The van der Waals surface area contributed by atoms with E-state index in [0.29, 0.717) is 36.8 Å². The number of benzene rings is 1. The van der Waals surface area contributed by atoms with E-state index in [-0.39, 0.29) is 24.3 Å². The van der Waals surface area contributed by atoms with E-state index in [1.54, 1.807) is 22.6 Å². The fraction of sp³-hybridized carbons (Fsp3) is 0.312. The molecular weight excluding hydrogens is 312 g/mol. The molecule has 124 valence electrons. The van der Waals surface area contributed by atoms with Crippen LogP contribution in [0, 0.1) is 0 Å². The van der Waals surface area contributed by atoms with Crippen molar-refractivity contribution in [2.45, 2.75) is 13.1 Å². The molecule has 0 spiro atoms. The van der Waals surface area contributed by atoms with E-state index in [4.69, 9.17) is 9.47 Å². The van der Waals surface area contributed by atoms with Gasteiger partial charge in [0.05, 0.1) is 6.33 Å². The summed E-state index contributed by atoms with van der Waals surface area (Å²) in [4.78, 5) is 30.4. The van der Waals surface area contributed by atoms with E-state index >= 15 is 0 Å². The molecule has 2 aliphatic rings. The van der Waals surface area contributed by atoms with E-state index < -0.39 is 0 Å². The van der Waals surface area contributed by atoms with Crippen molar-refractivity contribution in [2.75, 3.05) is 20.4 Å². The topological polar surface area (TPSA) is 85.7 Å². The minimum absolute atomic E-state index is 0.160. The summed E-state index contributed by atoms with van der Waals surface area (Å²) >= 11 is 0. The first-order chi connectivity index (χ1) is 11.6. The molecule has 1 aromatic heterocycles. The van der Waals surface area contributed by atoms with E-state index in [1.807, 2.05) is 12.1 Å². The number of nitrogens with one attached hydrogen (secondary N) is 1. The van der Waals surface area contributed by atoms with Gasteiger partial charge in [0.2, 0.25) is 6.79 Å². The number of carbonyl (C=O) groups is 2. The maximum atomic E-state index is 12.4. The molecule has 2 aromatic rings. The van der Waals surface area contributed by atoms with E-state index in [9.17, 15) is 9.59 Å². The summed E-state index contributed by atoms with van der Waals surface area (Å²) in [6, 6.07) is 5.49. The van der Waals surface area contributed by atoms with Crippen LogP contribution in [0.25, 0.3) is 0 Å². The monoisotopic (exact) mass is 328 g/mol. The Labute approximate surface area is 138 Å². The molecule has 24 heavy (non-hydrogen) atoms. The fourth-order valence-corrected chi connectivity index (χ4v) is 2.80. The summed E-state index contributed by atoms with van der Waals surface area (Å²) in [7, 11) is 1.72. The number of rotatable bonds is 3. The van der Waals surface area contributed by atoms with Crippen molar-refractivity contribution in [1.29, 1.82) is 0 Å². The quantitative estimate of drug-likeness (QED) is 0.893. The summed E-state index contributed by atoms with van der Waals surface area (Å²) in [5.74, 6) is 0.803. The smallest absolute Gasteiger partial charge is 0.272 e. The largest absolute Gasteiger partial charge is 0.454 e. The molecule has 2 amide bonds. The molecule has 0 bridgehead atoms. The van der Waals surface area contributed by atoms with Crippen molar-refractivity contribution in [3.63, 3.8) is 0 Å². The number of amides is 2. The molecule has 4 rings (SSSR count). The van der Waals surface area contributed by atoms with Gasteiger partial charge in [-0.1, -0.05) is 6.07 Å². The maximum absolute atomic E-state index is 12.4. The third kappa shape index (κ3) is 2.36. The predicted octanol–water partition coefficient (Wildman–Crippen LogP) is 0.627. The zero-order valence-electron chi connectivity index (χ0n) is 13.1. The first kappa shape index (κ1) is 14.6. The van der Waals surface area contributed by atoms with Gasteiger partial charge in [-0.05, 0) is 17.7 Å². The zero-order chi connectivity index (χ0) is 16.7. The average molecular weight is 328 g/mol. The summed E-state index contributed by atoms with van der Waals surface area (Å²) in [6.07, 6.45) is 1.54. The number of fused-ring (bicyclic) bond motifs is 2. The van der Waals surface area contributed by atoms with Crippen LogP contribution in [0.3, 0.4) is 0 Å². The Morgan fingerprint density at radius 1 is 1.29 bits per heavy atom. The van der Waals surface area contributed by atoms with Crippen LogP contribution in [-0.4, -0.2) is 46.7 Å². The highest BCUT2D eigenvalue weighted by Gasteiger charge is 2.29. The highest BCUT2D eigenvalue weighted by Crippen LogP contribution is 2.32. The van der Waals surface area contributed by atoms with Gasteiger partial charge in [-0.3, -0.25) is 9.59 Å². The number of carbonyl (C=O) groups excluding carboxylic acids is 2. The Morgan fingerprint density at radius 3 is 3.00 bits per heavy atom. The minimum atomic E-state index is -0.370. The first-order valence-corrected chi connectivity index (χ1v) is 7.61. The van der Waals surface area contributed by atoms with Crippen molar-refractivity contribution in [1.82, 2.24) is 19.8 Å². The van der Waals surface area contributed by atoms with Gasteiger partial charge in [-0.15, -0.1) is 0 Å². The Morgan fingerprint density at radius 2 is 2.12 bits per heavy atom. The normalized spacial score (nSPS) is 15.4. The van der Waals surface area contributed by atoms with Crippen LogP contribution in [0.2, 0.25) is 0 Å². The summed E-state index contributed by atoms with van der Waals surface area (Å²) < 4.78 is 12.3. The number of imidazole rings is 1. The first-order valence-electron chi connectivity index (χ1n) is 7.61. The van der Waals surface area contributed by atoms with Crippen molar-refractivity contribution in [3.8, 4) is 11.5 Å². The number of ether oxygens (including phenoxy) is 2. The molecule has 8 nitrogen and oxygen atoms in total. The van der Waals surface area contributed by atoms with E-state index in [0.717, 1.165) is 5.56 Å². The number of hydrogen-bond acceptors (Lipinski definition) is 5. The molecule has 1 N–H and O–H groups in total. The molecule has 2 aliphatic heterocycles. The third-order valence-electron chi connectivity index (χ3n) is 4.17. The number of likely N-dealkylation sites (N-methyl/N-ethyl adjacent to an activating group) is 1. The minimum Gasteiger partial charge on any atom is -0.454 e. The Balaban J connectivity index is 1.49. The molecule has 0 aliphatic carbocycles. The lowest BCUT2D eigenvalue weighted by Gasteiger charge is -2.24. The Hall–Kier alpha value is -3.03. The van der Waals surface area contributed by atoms with Crippen LogP contribution in [0.15, 0.2) is 24.5 Å². The van der Waals surface area contributed by atoms with E-state index in [1.165, 1.54) is 6.33 Å². The molecule has 0 saturated carbocycles. The lowest BCUT2D eigenvalue weighted by Crippen LogP contribution is -2.38. The fourth-order valence-electron chi connectivity index (χ4n) is 2.80. The van der Waals surface area contributed by atoms with Gasteiger partial charge in [-0.25, -0.2) is 4.98 Å². The summed E-state index contributed by atoms with van der Waals surface area (Å²) in [6.45, 7) is 1.77. The van der Waals surface area contributed by atoms with Crippen molar-refractivity contribution >= 4 is 11.8 Å². The molecule has 0 radical (unpaired) electrons. The van der Waals surface area contributed by atoms with Crippen molar-refractivity contribution in [3.05, 3.63) is 41.5 Å². The molecule has 0 fully saturated rings. The van der Waals surface area contributed by atoms with Crippen LogP contribution >= 0.6 is 0 Å². The maximum Gasteiger partial charge on any atom is 0.272 e. The second kappa shape index (κ2) is 5.55. The van der Waals surface area contributed by atoms with Crippen molar-refractivity contribution < 1.29 is 19.1 Å². The van der Waals surface area contributed by atoms with Gasteiger partial charge < -0.3 is 24.3 Å². The molecule has 1 aromatic carbocycles. The Bertz CT molecular complexity index is 829. The lowest BCUT2D eigenvalue weighted by atomic mass is 10.2. The average Bonchev–Trinajstić information content (AvgIpc) is 3.22. The highest BCUT2D eigenvalue weighted by atomic mass is 16.7. The van der Waals surface area contributed by atoms with Crippen LogP contribution < -0.4 is 14.8 Å². The molecule has 8 heteroatoms. The van der Waals surface area contributed by atoms with Gasteiger partial charge in [0.25, 0.3) is 11.8 Å². The van der Waals surface area contributed by atoms with Gasteiger partial charge in [0, 0.05) is 26.7 Å². The number of hydrogen-bond donors (Lipinski definition) is 1. The predicted molar refractivity (Wildman–Crippen MR) is 82.9 cm³/mol. The van der Waals surface area contributed by atoms with Crippen LogP contribution in [-0.2, 0) is 13.1 Å². The second-order valence-corrected chi connectivity index (χ2v) is 5.73. The molecule has 0 unspecified atom stereocenters. The summed E-state index contributed by atoms with van der Waals surface area (Å²) in [5, 5.41) is 2.80. The van der Waals surface area contributed by atoms with Crippen LogP contribution in [0.4, 0.5) is 0 Å². The molecule has 3 heterocycles. The molecular formula is C16H16N4O4.